The lowest BCUT2D eigenvalue weighted by molar-refractivity contribution is 0.0943. The molecule has 0 aliphatic carbocycles. The fourth-order valence-electron chi connectivity index (χ4n) is 2.39. The molecule has 0 bridgehead atoms. The van der Waals surface area contributed by atoms with E-state index in [4.69, 9.17) is 9.47 Å². The summed E-state index contributed by atoms with van der Waals surface area (Å²) < 4.78 is 10.6. The van der Waals surface area contributed by atoms with Crippen LogP contribution in [0.25, 0.3) is 0 Å². The molecule has 2 aromatic rings. The van der Waals surface area contributed by atoms with Crippen LogP contribution in [0, 0.1) is 0 Å². The van der Waals surface area contributed by atoms with Crippen molar-refractivity contribution in [1.29, 1.82) is 0 Å². The van der Waals surface area contributed by atoms with Crippen LogP contribution in [0.4, 0.5) is 5.69 Å². The van der Waals surface area contributed by atoms with Crippen LogP contribution in [0.2, 0.25) is 0 Å². The first kappa shape index (κ1) is 18.6. The minimum absolute atomic E-state index is 0.0918. The Bertz CT molecular complexity index is 717. The predicted octanol–water partition coefficient (Wildman–Crippen LogP) is 2.89. The Morgan fingerprint density at radius 1 is 1.12 bits per heavy atom. The van der Waals surface area contributed by atoms with Gasteiger partial charge in [-0.05, 0) is 44.0 Å². The molecular formula is C19H25N3O3. The highest BCUT2D eigenvalue weighted by atomic mass is 16.5. The zero-order valence-electron chi connectivity index (χ0n) is 15.1. The van der Waals surface area contributed by atoms with Crippen LogP contribution in [0.3, 0.4) is 0 Å². The molecule has 134 valence electrons. The summed E-state index contributed by atoms with van der Waals surface area (Å²) in [6, 6.07) is 7.76. The summed E-state index contributed by atoms with van der Waals surface area (Å²) in [5.74, 6) is 1.31. The molecule has 1 aromatic heterocycles. The van der Waals surface area contributed by atoms with E-state index in [0.717, 1.165) is 17.7 Å². The van der Waals surface area contributed by atoms with Crippen molar-refractivity contribution in [1.82, 2.24) is 10.3 Å². The van der Waals surface area contributed by atoms with E-state index in [-0.39, 0.29) is 11.9 Å². The molecule has 0 radical (unpaired) electrons. The topological polar surface area (TPSA) is 72.5 Å². The van der Waals surface area contributed by atoms with E-state index in [1.54, 1.807) is 32.7 Å². The molecule has 6 heteroatoms. The summed E-state index contributed by atoms with van der Waals surface area (Å²) in [6.07, 6.45) is 4.08. The van der Waals surface area contributed by atoms with Gasteiger partial charge in [-0.2, -0.15) is 0 Å². The van der Waals surface area contributed by atoms with Crippen molar-refractivity contribution < 1.29 is 14.3 Å². The lowest BCUT2D eigenvalue weighted by Gasteiger charge is -2.11. The molecule has 0 aliphatic rings. The number of ether oxygens (including phenoxy) is 2. The minimum Gasteiger partial charge on any atom is -0.493 e. The third-order valence-corrected chi connectivity index (χ3v) is 3.61. The van der Waals surface area contributed by atoms with Gasteiger partial charge in [-0.25, -0.2) is 0 Å². The number of nitrogens with one attached hydrogen (secondary N) is 2. The first-order valence-electron chi connectivity index (χ1n) is 8.24. The molecule has 1 amide bonds. The molecule has 0 spiro atoms. The molecule has 1 heterocycles. The monoisotopic (exact) mass is 343 g/mol. The number of nitrogens with zero attached hydrogens (tertiary/aromatic N) is 1. The Morgan fingerprint density at radius 3 is 2.56 bits per heavy atom. The summed E-state index contributed by atoms with van der Waals surface area (Å²) in [5.41, 5.74) is 2.49. The molecule has 2 rings (SSSR count). The van der Waals surface area contributed by atoms with Gasteiger partial charge in [0, 0.05) is 25.0 Å². The van der Waals surface area contributed by atoms with Crippen molar-refractivity contribution in [2.45, 2.75) is 26.3 Å². The standard InChI is InChI=1S/C19H25N3O3/c1-13(2)22-19(23)15-10-16(12-20-11-15)21-8-7-14-5-6-17(24-3)18(9-14)25-4/h5-6,9-13,21H,7-8H2,1-4H3,(H,22,23). The Labute approximate surface area is 148 Å². The van der Waals surface area contributed by atoms with Crippen LogP contribution in [-0.2, 0) is 6.42 Å². The van der Waals surface area contributed by atoms with Crippen LogP contribution in [-0.4, -0.2) is 37.7 Å². The molecule has 0 aliphatic heterocycles. The number of anilines is 1. The van der Waals surface area contributed by atoms with Crippen molar-refractivity contribution in [3.05, 3.63) is 47.8 Å². The molecular weight excluding hydrogens is 318 g/mol. The summed E-state index contributed by atoms with van der Waals surface area (Å²) in [4.78, 5) is 16.2. The van der Waals surface area contributed by atoms with Crippen molar-refractivity contribution in [3.63, 3.8) is 0 Å². The van der Waals surface area contributed by atoms with Gasteiger partial charge >= 0.3 is 0 Å². The van der Waals surface area contributed by atoms with Gasteiger partial charge in [-0.15, -0.1) is 0 Å². The number of benzene rings is 1. The van der Waals surface area contributed by atoms with E-state index in [1.165, 1.54) is 0 Å². The largest absolute Gasteiger partial charge is 0.493 e. The van der Waals surface area contributed by atoms with Crippen LogP contribution >= 0.6 is 0 Å². The third kappa shape index (κ3) is 5.38. The van der Waals surface area contributed by atoms with Gasteiger partial charge in [-0.1, -0.05) is 6.07 Å². The normalized spacial score (nSPS) is 10.4. The summed E-state index contributed by atoms with van der Waals surface area (Å²) >= 11 is 0. The maximum absolute atomic E-state index is 12.0. The quantitative estimate of drug-likeness (QED) is 0.771. The Morgan fingerprint density at radius 2 is 1.88 bits per heavy atom. The maximum Gasteiger partial charge on any atom is 0.253 e. The van der Waals surface area contributed by atoms with E-state index in [9.17, 15) is 4.79 Å². The Kier molecular flexibility index (Phi) is 6.62. The van der Waals surface area contributed by atoms with Gasteiger partial charge in [0.05, 0.1) is 25.5 Å². The number of rotatable bonds is 8. The number of hydrogen-bond acceptors (Lipinski definition) is 5. The number of hydrogen-bond donors (Lipinski definition) is 2. The van der Waals surface area contributed by atoms with Gasteiger partial charge in [0.1, 0.15) is 0 Å². The average Bonchev–Trinajstić information content (AvgIpc) is 2.61. The van der Waals surface area contributed by atoms with E-state index in [2.05, 4.69) is 15.6 Å². The maximum atomic E-state index is 12.0. The summed E-state index contributed by atoms with van der Waals surface area (Å²) in [6.45, 7) is 4.57. The van der Waals surface area contributed by atoms with Gasteiger partial charge in [0.2, 0.25) is 0 Å². The number of pyridine rings is 1. The van der Waals surface area contributed by atoms with E-state index >= 15 is 0 Å². The number of amides is 1. The van der Waals surface area contributed by atoms with Crippen LogP contribution in [0.15, 0.2) is 36.7 Å². The molecule has 25 heavy (non-hydrogen) atoms. The first-order chi connectivity index (χ1) is 12.0. The second-order valence-electron chi connectivity index (χ2n) is 5.96. The van der Waals surface area contributed by atoms with Gasteiger partial charge in [0.15, 0.2) is 11.5 Å². The second kappa shape index (κ2) is 8.92. The second-order valence-corrected chi connectivity index (χ2v) is 5.96. The van der Waals surface area contributed by atoms with Gasteiger partial charge < -0.3 is 20.1 Å². The number of carbonyl (C=O) groups is 1. The fraction of sp³-hybridized carbons (Fsp3) is 0.368. The number of methoxy groups -OCH3 is 2. The third-order valence-electron chi connectivity index (χ3n) is 3.61. The average molecular weight is 343 g/mol. The molecule has 0 saturated heterocycles. The van der Waals surface area contributed by atoms with Crippen LogP contribution < -0.4 is 20.1 Å². The number of carbonyl (C=O) groups excluding carboxylic acids is 1. The smallest absolute Gasteiger partial charge is 0.253 e. The molecule has 1 aromatic carbocycles. The zero-order valence-corrected chi connectivity index (χ0v) is 15.1. The minimum atomic E-state index is -0.119. The SMILES string of the molecule is COc1ccc(CCNc2cncc(C(=O)NC(C)C)c2)cc1OC. The molecule has 0 unspecified atom stereocenters. The molecule has 0 fully saturated rings. The highest BCUT2D eigenvalue weighted by Crippen LogP contribution is 2.27. The van der Waals surface area contributed by atoms with Crippen LogP contribution in [0.1, 0.15) is 29.8 Å². The van der Waals surface area contributed by atoms with Crippen molar-refractivity contribution in [2.24, 2.45) is 0 Å². The van der Waals surface area contributed by atoms with Gasteiger partial charge in [0.25, 0.3) is 5.91 Å². The Balaban J connectivity index is 1.95. The van der Waals surface area contributed by atoms with Crippen molar-refractivity contribution in [3.8, 4) is 11.5 Å². The summed E-state index contributed by atoms with van der Waals surface area (Å²) in [5, 5.41) is 6.15. The van der Waals surface area contributed by atoms with Crippen molar-refractivity contribution >= 4 is 11.6 Å². The fourth-order valence-corrected chi connectivity index (χ4v) is 2.39. The van der Waals surface area contributed by atoms with E-state index in [1.807, 2.05) is 32.0 Å². The highest BCUT2D eigenvalue weighted by molar-refractivity contribution is 5.94. The summed E-state index contributed by atoms with van der Waals surface area (Å²) in [7, 11) is 3.24. The predicted molar refractivity (Wildman–Crippen MR) is 98.6 cm³/mol. The van der Waals surface area contributed by atoms with Crippen LogP contribution in [0.5, 0.6) is 11.5 Å². The lowest BCUT2D eigenvalue weighted by atomic mass is 10.1. The molecule has 0 atom stereocenters. The molecule has 2 N–H and O–H groups in total. The zero-order chi connectivity index (χ0) is 18.2. The number of aromatic nitrogens is 1. The van der Waals surface area contributed by atoms with E-state index < -0.39 is 0 Å². The van der Waals surface area contributed by atoms with E-state index in [0.29, 0.717) is 23.6 Å². The molecule has 0 saturated carbocycles. The Hall–Kier alpha value is -2.76. The highest BCUT2D eigenvalue weighted by Gasteiger charge is 2.08. The van der Waals surface area contributed by atoms with Gasteiger partial charge in [-0.3, -0.25) is 9.78 Å². The first-order valence-corrected chi connectivity index (χ1v) is 8.24. The van der Waals surface area contributed by atoms with Crippen molar-refractivity contribution in [2.75, 3.05) is 26.1 Å². The molecule has 6 nitrogen and oxygen atoms in total. The lowest BCUT2D eigenvalue weighted by Crippen LogP contribution is -2.30.